The van der Waals surface area contributed by atoms with Crippen LogP contribution in [0.4, 0.5) is 5.69 Å². The van der Waals surface area contributed by atoms with Crippen molar-refractivity contribution in [2.75, 3.05) is 5.32 Å². The summed E-state index contributed by atoms with van der Waals surface area (Å²) in [6, 6.07) is 6.70. The molecule has 0 unspecified atom stereocenters. The van der Waals surface area contributed by atoms with Gasteiger partial charge in [0.1, 0.15) is 10.7 Å². The number of amidine groups is 1. The van der Waals surface area contributed by atoms with Crippen LogP contribution in [-0.4, -0.2) is 14.3 Å². The first-order valence-corrected chi connectivity index (χ1v) is 6.21. The first kappa shape index (κ1) is 11.7. The highest BCUT2D eigenvalue weighted by atomic mass is 32.2. The Kier molecular flexibility index (Phi) is 3.47. The lowest BCUT2D eigenvalue weighted by atomic mass is 10.3. The first-order valence-electron chi connectivity index (χ1n) is 4.77. The van der Waals surface area contributed by atoms with E-state index in [4.69, 9.17) is 0 Å². The van der Waals surface area contributed by atoms with Gasteiger partial charge in [0.2, 0.25) is 0 Å². The number of hydrogen-bond acceptors (Lipinski definition) is 3. The van der Waals surface area contributed by atoms with Crippen molar-refractivity contribution in [1.82, 2.24) is 0 Å². The lowest BCUT2D eigenvalue weighted by Gasteiger charge is -2.14. The maximum atomic E-state index is 11.5. The van der Waals surface area contributed by atoms with Crippen LogP contribution in [0.3, 0.4) is 0 Å². The smallest absolute Gasteiger partial charge is 0.286 e. The van der Waals surface area contributed by atoms with Crippen LogP contribution in [0.15, 0.2) is 33.6 Å². The molecule has 0 aliphatic carbocycles. The third kappa shape index (κ3) is 2.36. The van der Waals surface area contributed by atoms with E-state index in [9.17, 15) is 8.42 Å². The first-order chi connectivity index (χ1) is 7.09. The molecule has 1 aromatic rings. The van der Waals surface area contributed by atoms with Crippen LogP contribution in [0, 0.1) is 0 Å². The maximum absolute atomic E-state index is 11.5. The molecule has 0 radical (unpaired) electrons. The van der Waals surface area contributed by atoms with Gasteiger partial charge in [-0.2, -0.15) is 8.42 Å². The number of fused-ring (bicyclic) bond motifs is 1. The normalized spacial score (nSPS) is 16.3. The lowest BCUT2D eigenvalue weighted by molar-refractivity contribution is 0.598. The fraction of sp³-hybridized carbons (Fsp3) is 0.300. The molecule has 0 bridgehead atoms. The number of sulfonamides is 1. The molecule has 15 heavy (non-hydrogen) atoms. The number of benzene rings is 1. The number of hydrogen-bond donors (Lipinski definition) is 1. The second-order valence-electron chi connectivity index (χ2n) is 2.77. The highest BCUT2D eigenvalue weighted by Crippen LogP contribution is 2.25. The summed E-state index contributed by atoms with van der Waals surface area (Å²) in [5, 5.41) is 2.89. The van der Waals surface area contributed by atoms with E-state index >= 15 is 0 Å². The van der Waals surface area contributed by atoms with Crippen molar-refractivity contribution in [2.45, 2.75) is 25.7 Å². The lowest BCUT2D eigenvalue weighted by Crippen LogP contribution is -2.18. The summed E-state index contributed by atoms with van der Waals surface area (Å²) < 4.78 is 26.4. The minimum atomic E-state index is -3.47. The van der Waals surface area contributed by atoms with Gasteiger partial charge in [-0.05, 0) is 19.1 Å². The summed E-state index contributed by atoms with van der Waals surface area (Å²) in [6.45, 7) is 5.62. The molecule has 0 spiro atoms. The summed E-state index contributed by atoms with van der Waals surface area (Å²) in [5.74, 6) is 0.402. The van der Waals surface area contributed by atoms with Gasteiger partial charge in [0.15, 0.2) is 0 Å². The molecule has 1 aliphatic heterocycles. The summed E-state index contributed by atoms with van der Waals surface area (Å²) in [5.41, 5.74) is 0.593. The summed E-state index contributed by atoms with van der Waals surface area (Å²) >= 11 is 0. The highest BCUT2D eigenvalue weighted by Gasteiger charge is 2.21. The van der Waals surface area contributed by atoms with Crippen LogP contribution < -0.4 is 5.32 Å². The highest BCUT2D eigenvalue weighted by molar-refractivity contribution is 7.90. The van der Waals surface area contributed by atoms with Gasteiger partial charge in [0, 0.05) is 0 Å². The molecule has 2 rings (SSSR count). The van der Waals surface area contributed by atoms with Gasteiger partial charge in [0.05, 0.1) is 5.69 Å². The van der Waals surface area contributed by atoms with Crippen LogP contribution in [0.25, 0.3) is 0 Å². The quantitative estimate of drug-likeness (QED) is 0.738. The van der Waals surface area contributed by atoms with E-state index in [1.165, 1.54) is 6.07 Å². The zero-order valence-electron chi connectivity index (χ0n) is 8.98. The molecule has 0 atom stereocenters. The monoisotopic (exact) mass is 226 g/mol. The molecule has 0 aromatic heterocycles. The Hall–Kier alpha value is -1.36. The van der Waals surface area contributed by atoms with E-state index < -0.39 is 10.0 Å². The van der Waals surface area contributed by atoms with Crippen molar-refractivity contribution < 1.29 is 8.42 Å². The Morgan fingerprint density at radius 1 is 1.20 bits per heavy atom. The van der Waals surface area contributed by atoms with Crippen LogP contribution in [0.5, 0.6) is 0 Å². The van der Waals surface area contributed by atoms with Crippen molar-refractivity contribution in [3.05, 3.63) is 24.3 Å². The molecular weight excluding hydrogens is 212 g/mol. The number of anilines is 1. The molecule has 1 aromatic carbocycles. The minimum absolute atomic E-state index is 0.237. The average molecular weight is 226 g/mol. The average Bonchev–Trinajstić information content (AvgIpc) is 2.19. The minimum Gasteiger partial charge on any atom is -0.342 e. The van der Waals surface area contributed by atoms with E-state index in [0.29, 0.717) is 11.5 Å². The molecule has 1 N–H and O–H groups in total. The number of nitrogens with one attached hydrogen (secondary N) is 1. The Labute approximate surface area is 90.1 Å². The molecular formula is C10H14N2O2S. The Bertz CT molecular complexity index is 478. The maximum Gasteiger partial charge on any atom is 0.286 e. The third-order valence-corrected chi connectivity index (χ3v) is 3.16. The molecule has 1 aliphatic rings. The second-order valence-corrected chi connectivity index (χ2v) is 4.35. The van der Waals surface area contributed by atoms with Crippen LogP contribution in [0.2, 0.25) is 0 Å². The van der Waals surface area contributed by atoms with Gasteiger partial charge in [0.25, 0.3) is 10.0 Å². The SMILES string of the molecule is CC.CC1=NS(=O)(=O)c2ccccc2N1. The topological polar surface area (TPSA) is 58.5 Å². The van der Waals surface area contributed by atoms with Gasteiger partial charge < -0.3 is 5.32 Å². The van der Waals surface area contributed by atoms with E-state index in [-0.39, 0.29) is 4.90 Å². The Balaban J connectivity index is 0.000000531. The summed E-state index contributed by atoms with van der Waals surface area (Å²) in [6.07, 6.45) is 0. The summed E-state index contributed by atoms with van der Waals surface area (Å²) in [4.78, 5) is 0.237. The molecule has 82 valence electrons. The fourth-order valence-corrected chi connectivity index (χ4v) is 2.39. The Morgan fingerprint density at radius 2 is 1.80 bits per heavy atom. The van der Waals surface area contributed by atoms with Gasteiger partial charge in [-0.15, -0.1) is 4.40 Å². The van der Waals surface area contributed by atoms with Crippen molar-refractivity contribution in [3.8, 4) is 0 Å². The standard InChI is InChI=1S/C8H8N2O2S.C2H6/c1-6-9-7-4-2-3-5-8(7)13(11,12)10-6;1-2/h2-5H,1H3,(H,9,10);1-2H3. The molecule has 0 fully saturated rings. The van der Waals surface area contributed by atoms with E-state index in [1.54, 1.807) is 25.1 Å². The van der Waals surface area contributed by atoms with E-state index in [0.717, 1.165) is 0 Å². The largest absolute Gasteiger partial charge is 0.342 e. The summed E-state index contributed by atoms with van der Waals surface area (Å²) in [7, 11) is -3.47. The van der Waals surface area contributed by atoms with Gasteiger partial charge >= 0.3 is 0 Å². The van der Waals surface area contributed by atoms with Crippen LogP contribution in [0.1, 0.15) is 20.8 Å². The zero-order valence-corrected chi connectivity index (χ0v) is 9.80. The van der Waals surface area contributed by atoms with E-state index in [1.807, 2.05) is 13.8 Å². The predicted molar refractivity (Wildman–Crippen MR) is 61.7 cm³/mol. The Morgan fingerprint density at radius 3 is 2.47 bits per heavy atom. The number of para-hydroxylation sites is 1. The van der Waals surface area contributed by atoms with Gasteiger partial charge in [-0.3, -0.25) is 0 Å². The van der Waals surface area contributed by atoms with Crippen LogP contribution in [-0.2, 0) is 10.0 Å². The van der Waals surface area contributed by atoms with Crippen molar-refractivity contribution in [1.29, 1.82) is 0 Å². The second kappa shape index (κ2) is 4.44. The fourth-order valence-electron chi connectivity index (χ4n) is 1.24. The molecule has 5 heteroatoms. The van der Waals surface area contributed by atoms with E-state index in [2.05, 4.69) is 9.71 Å². The molecule has 1 heterocycles. The van der Waals surface area contributed by atoms with Gasteiger partial charge in [-0.1, -0.05) is 26.0 Å². The van der Waals surface area contributed by atoms with Gasteiger partial charge in [-0.25, -0.2) is 0 Å². The van der Waals surface area contributed by atoms with Crippen LogP contribution >= 0.6 is 0 Å². The van der Waals surface area contributed by atoms with Crippen molar-refractivity contribution >= 4 is 21.5 Å². The third-order valence-electron chi connectivity index (χ3n) is 1.74. The zero-order chi connectivity index (χ0) is 11.5. The number of nitrogens with zero attached hydrogens (tertiary/aromatic N) is 1. The van der Waals surface area contributed by atoms with Crippen molar-refractivity contribution in [3.63, 3.8) is 0 Å². The molecule has 0 saturated carbocycles. The molecule has 4 nitrogen and oxygen atoms in total. The van der Waals surface area contributed by atoms with Crippen molar-refractivity contribution in [2.24, 2.45) is 4.40 Å². The molecule has 0 amide bonds. The number of rotatable bonds is 0. The molecule has 0 saturated heterocycles. The predicted octanol–water partition coefficient (Wildman–Crippen LogP) is 2.25.